The van der Waals surface area contributed by atoms with Crippen molar-refractivity contribution in [1.82, 2.24) is 19.7 Å². The van der Waals surface area contributed by atoms with E-state index in [2.05, 4.69) is 10.1 Å². The van der Waals surface area contributed by atoms with Crippen molar-refractivity contribution in [1.29, 1.82) is 5.26 Å². The van der Waals surface area contributed by atoms with Crippen molar-refractivity contribution in [3.8, 4) is 6.07 Å². The van der Waals surface area contributed by atoms with E-state index in [1.807, 2.05) is 6.07 Å². The van der Waals surface area contributed by atoms with E-state index in [1.165, 1.54) is 59.3 Å². The predicted molar refractivity (Wildman–Crippen MR) is 214 cm³/mol. The quantitative estimate of drug-likeness (QED) is 0.0407. The summed E-state index contributed by atoms with van der Waals surface area (Å²) in [6.07, 6.45) is 9.01. The van der Waals surface area contributed by atoms with Crippen molar-refractivity contribution in [2.45, 2.75) is 74.4 Å². The molecule has 0 bridgehead atoms. The van der Waals surface area contributed by atoms with E-state index in [0.29, 0.717) is 31.7 Å². The molecule has 0 radical (unpaired) electrons. The van der Waals surface area contributed by atoms with Crippen LogP contribution in [0, 0.1) is 28.8 Å². The van der Waals surface area contributed by atoms with Gasteiger partial charge in [0.05, 0.1) is 42.4 Å². The highest BCUT2D eigenvalue weighted by atomic mass is 32.2. The molecule has 0 aliphatic carbocycles. The summed E-state index contributed by atoms with van der Waals surface area (Å²) in [7, 11) is -2.75. The van der Waals surface area contributed by atoms with Crippen molar-refractivity contribution < 1.29 is 64.2 Å². The van der Waals surface area contributed by atoms with Crippen LogP contribution < -0.4 is 0 Å². The number of halogens is 3. The molecule has 1 saturated heterocycles. The average Bonchev–Trinajstić information content (AvgIpc) is 3.73. The molecular formula is C40H46F3N5O11S2. The Labute approximate surface area is 355 Å². The lowest BCUT2D eigenvalue weighted by Gasteiger charge is -2.40. The van der Waals surface area contributed by atoms with E-state index in [1.54, 1.807) is 25.2 Å². The number of ether oxygens (including phenoxy) is 5. The normalized spacial score (nSPS) is 17.1. The summed E-state index contributed by atoms with van der Waals surface area (Å²) in [6, 6.07) is 8.82. The molecule has 0 saturated carbocycles. The van der Waals surface area contributed by atoms with Gasteiger partial charge in [0.15, 0.2) is 11.9 Å². The van der Waals surface area contributed by atoms with Crippen LogP contribution in [-0.2, 0) is 55.5 Å². The van der Waals surface area contributed by atoms with Gasteiger partial charge in [0.2, 0.25) is 12.7 Å². The van der Waals surface area contributed by atoms with Gasteiger partial charge in [0.25, 0.3) is 10.1 Å². The second-order valence-corrected chi connectivity index (χ2v) is 17.0. The third-order valence-electron chi connectivity index (χ3n) is 9.28. The average molecular weight is 894 g/mol. The van der Waals surface area contributed by atoms with Crippen LogP contribution in [0.4, 0.5) is 18.0 Å². The van der Waals surface area contributed by atoms with Gasteiger partial charge in [0.1, 0.15) is 30.1 Å². The summed E-state index contributed by atoms with van der Waals surface area (Å²) in [5.74, 6) is -3.95. The van der Waals surface area contributed by atoms with Gasteiger partial charge in [-0.3, -0.25) is 14.1 Å². The van der Waals surface area contributed by atoms with E-state index >= 15 is 4.39 Å². The maximum atomic E-state index is 15.7. The zero-order chi connectivity index (χ0) is 44.4. The summed E-state index contributed by atoms with van der Waals surface area (Å²) >= 11 is 1.24. The SMILES string of the molecule is C[C@@H](SC1COC(/C=C/C=C/c2ccc(C#N)cc2F)OC1)[C@@](Cn1cncn1)(OC(=O)OCOC(=O)CCCCCCC(=O)N(C)CCS(=O)(=O)O)c1ccc(F)cc1F. The third kappa shape index (κ3) is 15.9. The van der Waals surface area contributed by atoms with Crippen LogP contribution >= 0.6 is 11.8 Å². The number of nitriles is 1. The minimum atomic E-state index is -4.18. The molecule has 16 nitrogen and oxygen atoms in total. The maximum Gasteiger partial charge on any atom is 0.512 e. The molecule has 0 unspecified atom stereocenters. The monoisotopic (exact) mass is 893 g/mol. The Hall–Kier alpha value is -5.27. The highest BCUT2D eigenvalue weighted by Crippen LogP contribution is 2.42. The molecule has 3 aromatic rings. The topological polar surface area (TPSA) is 209 Å². The fourth-order valence-electron chi connectivity index (χ4n) is 5.99. The van der Waals surface area contributed by atoms with Gasteiger partial charge in [-0.05, 0) is 50.1 Å². The van der Waals surface area contributed by atoms with Crippen LogP contribution in [0.15, 0.2) is 67.3 Å². The number of aromatic nitrogens is 3. The molecule has 2 atom stereocenters. The van der Waals surface area contributed by atoms with Crippen molar-refractivity contribution in [2.24, 2.45) is 0 Å². The Bertz CT molecular complexity index is 2150. The Morgan fingerprint density at radius 1 is 1.07 bits per heavy atom. The molecule has 61 heavy (non-hydrogen) atoms. The van der Waals surface area contributed by atoms with Gasteiger partial charge in [-0.25, -0.2) is 27.6 Å². The highest BCUT2D eigenvalue weighted by molar-refractivity contribution is 8.00. The number of unbranched alkanes of at least 4 members (excludes halogenated alkanes) is 3. The van der Waals surface area contributed by atoms with Gasteiger partial charge < -0.3 is 28.6 Å². The number of carbonyl (C=O) groups excluding carboxylic acids is 3. The van der Waals surface area contributed by atoms with Crippen LogP contribution in [0.5, 0.6) is 0 Å². The van der Waals surface area contributed by atoms with Crippen molar-refractivity contribution in [3.63, 3.8) is 0 Å². The molecule has 1 aliphatic rings. The molecule has 21 heteroatoms. The summed E-state index contributed by atoms with van der Waals surface area (Å²) in [5, 5.41) is 11.9. The standard InChI is InChI=1S/C40H46F3N5O11S2/c1-28(60-32-22-55-38(56-23-32)12-8-7-9-30-14-13-29(21-44)19-34(30)42)40(24-48-26-45-25-46-48,33-16-15-31(41)20-35(33)43)59-39(51)58-27-57-37(50)11-6-4-3-5-10-36(49)47(2)17-18-61(52,53)54/h7-9,12-16,19-20,25-26,28,32,38H,3-6,10-11,17-18,22-24,27H2,1-2H3,(H,52,53,54)/b9-7+,12-8+/t28-,32?,38?,40-/m1/s1. The Morgan fingerprint density at radius 2 is 1.80 bits per heavy atom. The molecular weight excluding hydrogens is 848 g/mol. The van der Waals surface area contributed by atoms with Crippen molar-refractivity contribution in [2.75, 3.05) is 39.4 Å². The molecule has 1 aliphatic heterocycles. The number of hydrogen-bond donors (Lipinski definition) is 1. The largest absolute Gasteiger partial charge is 0.512 e. The van der Waals surface area contributed by atoms with E-state index in [0.717, 1.165) is 18.2 Å². The van der Waals surface area contributed by atoms with Crippen molar-refractivity contribution >= 4 is 46.0 Å². The molecule has 1 N–H and O–H groups in total. The Balaban J connectivity index is 1.32. The summed E-state index contributed by atoms with van der Waals surface area (Å²) in [4.78, 5) is 42.9. The number of rotatable bonds is 22. The number of amides is 1. The second-order valence-electron chi connectivity index (χ2n) is 13.8. The molecule has 2 aromatic carbocycles. The minimum absolute atomic E-state index is 0.0250. The van der Waals surface area contributed by atoms with Gasteiger partial charge in [-0.15, -0.1) is 11.8 Å². The van der Waals surface area contributed by atoms with Gasteiger partial charge in [-0.1, -0.05) is 37.1 Å². The first kappa shape index (κ1) is 48.4. The lowest BCUT2D eigenvalue weighted by Crippen LogP contribution is -2.47. The third-order valence-corrected chi connectivity index (χ3v) is 11.4. The fourth-order valence-corrected chi connectivity index (χ4v) is 7.85. The molecule has 1 amide bonds. The second kappa shape index (κ2) is 23.7. The Kier molecular flexibility index (Phi) is 18.8. The van der Waals surface area contributed by atoms with Crippen LogP contribution in [0.25, 0.3) is 6.08 Å². The van der Waals surface area contributed by atoms with Crippen molar-refractivity contribution in [3.05, 3.63) is 101 Å². The van der Waals surface area contributed by atoms with Crippen LogP contribution in [0.3, 0.4) is 0 Å². The molecule has 330 valence electrons. The molecule has 1 aromatic heterocycles. The van der Waals surface area contributed by atoms with E-state index < -0.39 is 69.4 Å². The lowest BCUT2D eigenvalue weighted by atomic mass is 9.89. The number of nitrogens with zero attached hydrogens (tertiary/aromatic N) is 5. The number of esters is 1. The summed E-state index contributed by atoms with van der Waals surface area (Å²) in [6.45, 7) is 0.707. The number of carbonyl (C=O) groups is 3. The number of hydrogen-bond acceptors (Lipinski definition) is 14. The number of thioether (sulfide) groups is 1. The first-order chi connectivity index (χ1) is 29.1. The number of benzene rings is 2. The Morgan fingerprint density at radius 3 is 2.46 bits per heavy atom. The van der Waals surface area contributed by atoms with Gasteiger partial charge in [0, 0.05) is 48.9 Å². The zero-order valence-electron chi connectivity index (χ0n) is 33.4. The number of allylic oxidation sites excluding steroid dienone is 2. The zero-order valence-corrected chi connectivity index (χ0v) is 35.0. The highest BCUT2D eigenvalue weighted by Gasteiger charge is 2.47. The van der Waals surface area contributed by atoms with Crippen LogP contribution in [-0.4, -0.2) is 107 Å². The fraction of sp³-hybridized carbons (Fsp3) is 0.450. The lowest BCUT2D eigenvalue weighted by molar-refractivity contribution is -0.155. The molecule has 1 fully saturated rings. The van der Waals surface area contributed by atoms with Gasteiger partial charge in [-0.2, -0.15) is 18.8 Å². The molecule has 0 spiro atoms. The van der Waals surface area contributed by atoms with Crippen LogP contribution in [0.1, 0.15) is 62.1 Å². The van der Waals surface area contributed by atoms with Crippen LogP contribution in [0.2, 0.25) is 0 Å². The predicted octanol–water partition coefficient (Wildman–Crippen LogP) is 5.94. The van der Waals surface area contributed by atoms with E-state index in [9.17, 15) is 31.6 Å². The summed E-state index contributed by atoms with van der Waals surface area (Å²) < 4.78 is 104. The van der Waals surface area contributed by atoms with Gasteiger partial charge >= 0.3 is 12.1 Å². The first-order valence-corrected chi connectivity index (χ1v) is 21.6. The summed E-state index contributed by atoms with van der Waals surface area (Å²) in [5.41, 5.74) is -1.62. The van der Waals surface area contributed by atoms with E-state index in [-0.39, 0.29) is 67.0 Å². The van der Waals surface area contributed by atoms with E-state index in [4.69, 9.17) is 33.5 Å². The molecule has 4 rings (SSSR count). The smallest absolute Gasteiger partial charge is 0.428 e. The minimum Gasteiger partial charge on any atom is -0.428 e. The first-order valence-electron chi connectivity index (χ1n) is 19.0. The molecule has 2 heterocycles. The maximum absolute atomic E-state index is 15.7.